The van der Waals surface area contributed by atoms with Gasteiger partial charge in [-0.05, 0) is 12.1 Å². The van der Waals surface area contributed by atoms with Gasteiger partial charge in [-0.15, -0.1) is 0 Å². The molecule has 188 valence electrons. The predicted molar refractivity (Wildman–Crippen MR) is 131 cm³/mol. The van der Waals surface area contributed by atoms with Crippen LogP contribution in [0.5, 0.6) is 0 Å². The number of nitrogen functional groups attached to an aromatic ring is 1. The van der Waals surface area contributed by atoms with Crippen LogP contribution >= 0.6 is 0 Å². The summed E-state index contributed by atoms with van der Waals surface area (Å²) in [7, 11) is 5.71. The van der Waals surface area contributed by atoms with E-state index in [0.29, 0.717) is 28.1 Å². The number of hydrogen-bond acceptors (Lipinski definition) is 11. The quantitative estimate of drug-likeness (QED) is 0.274. The SMILES string of the molecule is CN(C)c1ccnc(NC2OC2[C@H]2O[C@@H](n3cc(-c4ccn(C)n4)c4c(N)ncnc43)[C@H](O)[C@@H]2O)c1. The Morgan fingerprint density at radius 1 is 1.08 bits per heavy atom. The van der Waals surface area contributed by atoms with E-state index in [2.05, 4.69) is 25.4 Å². The number of nitrogens with zero attached hydrogens (tertiary/aromatic N) is 7. The number of nitrogens with two attached hydrogens (primary N) is 1. The van der Waals surface area contributed by atoms with Crippen molar-refractivity contribution in [1.82, 2.24) is 29.3 Å². The zero-order valence-corrected chi connectivity index (χ0v) is 19.9. The van der Waals surface area contributed by atoms with Gasteiger partial charge in [-0.25, -0.2) is 15.0 Å². The van der Waals surface area contributed by atoms with E-state index in [9.17, 15) is 10.2 Å². The van der Waals surface area contributed by atoms with Crippen LogP contribution < -0.4 is 16.0 Å². The lowest BCUT2D eigenvalue weighted by atomic mass is 10.1. The smallest absolute Gasteiger partial charge is 0.164 e. The summed E-state index contributed by atoms with van der Waals surface area (Å²) in [5, 5.41) is 30.1. The number of hydrogen-bond donors (Lipinski definition) is 4. The van der Waals surface area contributed by atoms with E-state index in [1.807, 2.05) is 50.4 Å². The van der Waals surface area contributed by atoms with Crippen LogP contribution in [0.25, 0.3) is 22.3 Å². The number of aliphatic hydroxyl groups is 2. The van der Waals surface area contributed by atoms with E-state index >= 15 is 0 Å². The van der Waals surface area contributed by atoms with E-state index in [4.69, 9.17) is 15.2 Å². The fraction of sp³-hybridized carbons (Fsp3) is 0.391. The molecule has 6 atom stereocenters. The van der Waals surface area contributed by atoms with Gasteiger partial charge in [0.15, 0.2) is 12.5 Å². The average molecular weight is 494 g/mol. The van der Waals surface area contributed by atoms with Gasteiger partial charge in [0.05, 0.1) is 11.1 Å². The second kappa shape index (κ2) is 8.41. The number of aliphatic hydroxyl groups excluding tert-OH is 2. The maximum Gasteiger partial charge on any atom is 0.164 e. The minimum absolute atomic E-state index is 0.284. The molecule has 2 aliphatic rings. The second-order valence-electron chi connectivity index (χ2n) is 9.21. The zero-order chi connectivity index (χ0) is 25.1. The lowest BCUT2D eigenvalue weighted by Gasteiger charge is -2.17. The number of aryl methyl sites for hydroxylation is 1. The molecule has 2 aliphatic heterocycles. The number of aromatic nitrogens is 6. The van der Waals surface area contributed by atoms with Crippen molar-refractivity contribution < 1.29 is 19.7 Å². The first kappa shape index (κ1) is 22.7. The molecule has 2 unspecified atom stereocenters. The Hall–Kier alpha value is -3.78. The Labute approximate surface area is 206 Å². The van der Waals surface area contributed by atoms with Crippen molar-refractivity contribution in [3.63, 3.8) is 0 Å². The highest BCUT2D eigenvalue weighted by atomic mass is 16.6. The first-order chi connectivity index (χ1) is 17.3. The normalized spacial score (nSPS) is 27.5. The molecule has 6 rings (SSSR count). The highest BCUT2D eigenvalue weighted by molar-refractivity contribution is 5.99. The van der Waals surface area contributed by atoms with E-state index in [0.717, 1.165) is 5.69 Å². The van der Waals surface area contributed by atoms with E-state index in [-0.39, 0.29) is 5.82 Å². The van der Waals surface area contributed by atoms with Crippen molar-refractivity contribution in [2.45, 2.75) is 36.9 Å². The molecule has 0 radical (unpaired) electrons. The molecular weight excluding hydrogens is 466 g/mol. The van der Waals surface area contributed by atoms with E-state index in [1.165, 1.54) is 6.33 Å². The fourth-order valence-electron chi connectivity index (χ4n) is 4.65. The van der Waals surface area contributed by atoms with Crippen LogP contribution in [0, 0.1) is 0 Å². The molecule has 5 N–H and O–H groups in total. The van der Waals surface area contributed by atoms with E-state index < -0.39 is 36.9 Å². The number of fused-ring (bicyclic) bond motifs is 1. The number of epoxide rings is 1. The second-order valence-corrected chi connectivity index (χ2v) is 9.21. The molecule has 13 heteroatoms. The van der Waals surface area contributed by atoms with Crippen LogP contribution in [0.2, 0.25) is 0 Å². The summed E-state index contributed by atoms with van der Waals surface area (Å²) in [6, 6.07) is 5.65. The van der Waals surface area contributed by atoms with Crippen LogP contribution in [0.15, 0.2) is 43.1 Å². The molecule has 0 aromatic carbocycles. The number of pyridine rings is 1. The third-order valence-electron chi connectivity index (χ3n) is 6.58. The molecule has 13 nitrogen and oxygen atoms in total. The van der Waals surface area contributed by atoms with Gasteiger partial charge >= 0.3 is 0 Å². The number of ether oxygens (including phenoxy) is 2. The van der Waals surface area contributed by atoms with Gasteiger partial charge in [0.2, 0.25) is 0 Å². The molecule has 6 heterocycles. The van der Waals surface area contributed by atoms with Gasteiger partial charge in [-0.1, -0.05) is 0 Å². The molecule has 2 fully saturated rings. The largest absolute Gasteiger partial charge is 0.387 e. The zero-order valence-electron chi connectivity index (χ0n) is 19.9. The summed E-state index contributed by atoms with van der Waals surface area (Å²) in [5.74, 6) is 0.924. The Morgan fingerprint density at radius 3 is 2.67 bits per heavy atom. The molecule has 4 aromatic heterocycles. The average Bonchev–Trinajstić information content (AvgIpc) is 3.15. The molecule has 0 aliphatic carbocycles. The van der Waals surface area contributed by atoms with Crippen molar-refractivity contribution in [2.75, 3.05) is 30.0 Å². The maximum absolute atomic E-state index is 11.0. The molecule has 0 saturated carbocycles. The summed E-state index contributed by atoms with van der Waals surface area (Å²) in [4.78, 5) is 14.8. The van der Waals surface area contributed by atoms with Crippen molar-refractivity contribution in [2.24, 2.45) is 7.05 Å². The summed E-state index contributed by atoms with van der Waals surface area (Å²) in [5.41, 5.74) is 9.02. The van der Waals surface area contributed by atoms with Gasteiger partial charge in [-0.2, -0.15) is 5.10 Å². The van der Waals surface area contributed by atoms with Crippen molar-refractivity contribution in [3.8, 4) is 11.3 Å². The monoisotopic (exact) mass is 493 g/mol. The van der Waals surface area contributed by atoms with Gasteiger partial charge in [0.25, 0.3) is 0 Å². The van der Waals surface area contributed by atoms with Crippen LogP contribution in [0.4, 0.5) is 17.3 Å². The van der Waals surface area contributed by atoms with Gasteiger partial charge in [0, 0.05) is 57.1 Å². The van der Waals surface area contributed by atoms with E-state index in [1.54, 1.807) is 21.6 Å². The lowest BCUT2D eigenvalue weighted by Crippen LogP contribution is -2.35. The van der Waals surface area contributed by atoms with Crippen LogP contribution in [0.1, 0.15) is 6.23 Å². The Kier molecular flexibility index (Phi) is 5.30. The number of anilines is 3. The van der Waals surface area contributed by atoms with Crippen LogP contribution in [-0.4, -0.2) is 84.3 Å². The molecule has 4 aromatic rings. The third-order valence-corrected chi connectivity index (χ3v) is 6.58. The molecule has 0 amide bonds. The van der Waals surface area contributed by atoms with Crippen molar-refractivity contribution in [1.29, 1.82) is 0 Å². The standard InChI is InChI=1S/C23H27N9O4/c1-30(2)11-4-6-25-14(8-11)28-22-19(35-22)18-16(33)17(34)23(36-18)32-9-12(13-5-7-31(3)29-13)15-20(24)26-10-27-21(15)32/h4-10,16-19,22-23,33-34H,1-3H3,(H,25,28)(H2,24,26,27)/t16-,17+,18-,19?,22?,23+/m0/s1. The maximum atomic E-state index is 11.0. The van der Waals surface area contributed by atoms with Crippen LogP contribution in [0.3, 0.4) is 0 Å². The molecule has 0 bridgehead atoms. The summed E-state index contributed by atoms with van der Waals surface area (Å²) >= 11 is 0. The van der Waals surface area contributed by atoms with Gasteiger partial charge in [-0.3, -0.25) is 4.68 Å². The molecule has 36 heavy (non-hydrogen) atoms. The fourth-order valence-corrected chi connectivity index (χ4v) is 4.65. The van der Waals surface area contributed by atoms with Gasteiger partial charge in [0.1, 0.15) is 48.0 Å². The number of rotatable bonds is 6. The van der Waals surface area contributed by atoms with Gasteiger partial charge < -0.3 is 40.2 Å². The minimum Gasteiger partial charge on any atom is -0.387 e. The summed E-state index contributed by atoms with van der Waals surface area (Å²) in [6.45, 7) is 0. The Balaban J connectivity index is 1.26. The van der Waals surface area contributed by atoms with Crippen LogP contribution in [-0.2, 0) is 16.5 Å². The topological polar surface area (TPSA) is 165 Å². The number of nitrogens with one attached hydrogen (secondary N) is 1. The third kappa shape index (κ3) is 3.73. The molecule has 2 saturated heterocycles. The van der Waals surface area contributed by atoms with Crippen molar-refractivity contribution in [3.05, 3.63) is 43.1 Å². The highest BCUT2D eigenvalue weighted by Gasteiger charge is 2.56. The Bertz CT molecular complexity index is 1420. The van der Waals surface area contributed by atoms with Crippen molar-refractivity contribution >= 4 is 28.4 Å². The first-order valence-corrected chi connectivity index (χ1v) is 11.5. The minimum atomic E-state index is -1.22. The summed E-state index contributed by atoms with van der Waals surface area (Å²) < 4.78 is 15.3. The lowest BCUT2D eigenvalue weighted by molar-refractivity contribution is -0.0419. The highest BCUT2D eigenvalue weighted by Crippen LogP contribution is 2.42. The molecule has 0 spiro atoms. The Morgan fingerprint density at radius 2 is 1.92 bits per heavy atom. The predicted octanol–water partition coefficient (Wildman–Crippen LogP) is 0.331. The first-order valence-electron chi connectivity index (χ1n) is 11.5. The molecular formula is C23H27N9O4. The summed E-state index contributed by atoms with van der Waals surface area (Å²) in [6.07, 6.45) is 1.67.